The predicted molar refractivity (Wildman–Crippen MR) is 111 cm³/mol. The Morgan fingerprint density at radius 1 is 1.13 bits per heavy atom. The number of phenolic OH excluding ortho intramolecular Hbond substituents is 1. The maximum Gasteiger partial charge on any atom is 0.438 e. The van der Waals surface area contributed by atoms with Crippen LogP contribution in [0.3, 0.4) is 0 Å². The van der Waals surface area contributed by atoms with Crippen molar-refractivity contribution in [1.82, 2.24) is 19.7 Å². The highest BCUT2D eigenvalue weighted by molar-refractivity contribution is 6.09. The number of nitrogens with zero attached hydrogens (tertiary/aromatic N) is 3. The molecule has 0 aliphatic carbocycles. The predicted octanol–water partition coefficient (Wildman–Crippen LogP) is 3.13. The van der Waals surface area contributed by atoms with Gasteiger partial charge < -0.3 is 14.8 Å². The minimum absolute atomic E-state index is 0.0958. The molecule has 3 N–H and O–H groups in total. The quantitative estimate of drug-likeness (QED) is 0.411. The second-order valence-corrected chi connectivity index (χ2v) is 7.44. The number of aromatic amines is 1. The summed E-state index contributed by atoms with van der Waals surface area (Å²) in [6.07, 6.45) is 4.05. The van der Waals surface area contributed by atoms with Crippen molar-refractivity contribution in [2.24, 2.45) is 7.05 Å². The lowest BCUT2D eigenvalue weighted by molar-refractivity contribution is 0.382. The fourth-order valence-electron chi connectivity index (χ4n) is 3.90. The zero-order chi connectivity index (χ0) is 21.7. The molecule has 0 aliphatic heterocycles. The first kappa shape index (κ1) is 18.9. The van der Waals surface area contributed by atoms with Gasteiger partial charge in [0.15, 0.2) is 11.6 Å². The lowest BCUT2D eigenvalue weighted by atomic mass is 9.96. The summed E-state index contributed by atoms with van der Waals surface area (Å²) < 4.78 is 19.3. The Morgan fingerprint density at radius 2 is 1.90 bits per heavy atom. The highest BCUT2D eigenvalue weighted by Gasteiger charge is 2.21. The Labute approximate surface area is 174 Å². The Bertz CT molecular complexity index is 1500. The SMILES string of the molecule is Cn1cc2c(Cc3noc(=O)[nH]3)c3cc(Cc4ccc(F)cc4)cnc3c(O)c2c1O. The summed E-state index contributed by atoms with van der Waals surface area (Å²) in [4.78, 5) is 18.4. The Kier molecular flexibility index (Phi) is 4.25. The van der Waals surface area contributed by atoms with Crippen LogP contribution in [-0.2, 0) is 19.9 Å². The summed E-state index contributed by atoms with van der Waals surface area (Å²) in [6, 6.07) is 8.10. The summed E-state index contributed by atoms with van der Waals surface area (Å²) in [7, 11) is 1.66. The Hall–Kier alpha value is -4.14. The average molecular weight is 420 g/mol. The fourth-order valence-corrected chi connectivity index (χ4v) is 3.90. The molecule has 0 unspecified atom stereocenters. The number of aryl methyl sites for hydroxylation is 1. The van der Waals surface area contributed by atoms with E-state index >= 15 is 0 Å². The Morgan fingerprint density at radius 3 is 2.61 bits per heavy atom. The summed E-state index contributed by atoms with van der Waals surface area (Å²) in [5.41, 5.74) is 2.80. The number of fused-ring (bicyclic) bond motifs is 2. The third kappa shape index (κ3) is 3.20. The molecule has 0 aliphatic rings. The van der Waals surface area contributed by atoms with Crippen LogP contribution < -0.4 is 5.76 Å². The molecule has 8 nitrogen and oxygen atoms in total. The van der Waals surface area contributed by atoms with Gasteiger partial charge in [0.25, 0.3) is 0 Å². The molecule has 0 radical (unpaired) electrons. The molecule has 2 aromatic carbocycles. The van der Waals surface area contributed by atoms with Crippen molar-refractivity contribution in [2.75, 3.05) is 0 Å². The van der Waals surface area contributed by atoms with Crippen molar-refractivity contribution in [3.05, 3.63) is 81.6 Å². The standard InChI is InChI=1S/C22H17FN4O4/c1-27-10-16-14(8-17-25-22(30)31-26-17)15-7-12(6-11-2-4-13(23)5-3-11)9-24-19(15)20(28)18(16)21(27)29/h2-5,7,9-10,28-29H,6,8H2,1H3,(H,25,26,30). The number of hydrogen-bond donors (Lipinski definition) is 3. The topological polar surface area (TPSA) is 117 Å². The molecule has 0 saturated carbocycles. The zero-order valence-corrected chi connectivity index (χ0v) is 16.4. The molecule has 0 amide bonds. The summed E-state index contributed by atoms with van der Waals surface area (Å²) in [6.45, 7) is 0. The van der Waals surface area contributed by atoms with Gasteiger partial charge in [0.2, 0.25) is 5.88 Å². The van der Waals surface area contributed by atoms with Crippen molar-refractivity contribution in [1.29, 1.82) is 0 Å². The number of H-pyrrole nitrogens is 1. The van der Waals surface area contributed by atoms with E-state index in [2.05, 4.69) is 19.6 Å². The van der Waals surface area contributed by atoms with E-state index < -0.39 is 5.76 Å². The van der Waals surface area contributed by atoms with Gasteiger partial charge in [-0.3, -0.25) is 14.5 Å². The monoisotopic (exact) mass is 420 g/mol. The second-order valence-electron chi connectivity index (χ2n) is 7.44. The fraction of sp³-hybridized carbons (Fsp3) is 0.136. The van der Waals surface area contributed by atoms with Crippen LogP contribution in [0.15, 0.2) is 52.0 Å². The summed E-state index contributed by atoms with van der Waals surface area (Å²) in [5.74, 6) is -0.887. The van der Waals surface area contributed by atoms with Gasteiger partial charge in [0.1, 0.15) is 11.3 Å². The van der Waals surface area contributed by atoms with Crippen LogP contribution in [0.1, 0.15) is 22.5 Å². The van der Waals surface area contributed by atoms with E-state index in [0.29, 0.717) is 28.5 Å². The molecule has 9 heteroatoms. The molecule has 5 aromatic rings. The van der Waals surface area contributed by atoms with Crippen LogP contribution in [0, 0.1) is 5.82 Å². The van der Waals surface area contributed by atoms with Crippen molar-refractivity contribution in [3.63, 3.8) is 0 Å². The number of pyridine rings is 1. The van der Waals surface area contributed by atoms with E-state index in [1.54, 1.807) is 31.6 Å². The number of phenols is 1. The van der Waals surface area contributed by atoms with Gasteiger partial charge in [0.05, 0.1) is 5.39 Å². The van der Waals surface area contributed by atoms with Crippen LogP contribution in [0.4, 0.5) is 4.39 Å². The van der Waals surface area contributed by atoms with Gasteiger partial charge in [-0.25, -0.2) is 9.18 Å². The third-order valence-electron chi connectivity index (χ3n) is 5.36. The summed E-state index contributed by atoms with van der Waals surface area (Å²) in [5, 5.41) is 26.6. The van der Waals surface area contributed by atoms with Crippen LogP contribution in [-0.4, -0.2) is 29.9 Å². The maximum atomic E-state index is 13.2. The van der Waals surface area contributed by atoms with Gasteiger partial charge >= 0.3 is 5.76 Å². The molecule has 0 fully saturated rings. The molecule has 0 bridgehead atoms. The van der Waals surface area contributed by atoms with Crippen molar-refractivity contribution >= 4 is 21.7 Å². The molecular formula is C22H17FN4O4. The van der Waals surface area contributed by atoms with Gasteiger partial charge in [-0.05, 0) is 41.3 Å². The van der Waals surface area contributed by atoms with Gasteiger partial charge in [-0.15, -0.1) is 0 Å². The zero-order valence-electron chi connectivity index (χ0n) is 16.4. The number of aromatic hydroxyl groups is 2. The molecule has 31 heavy (non-hydrogen) atoms. The van der Waals surface area contributed by atoms with Crippen molar-refractivity contribution in [3.8, 4) is 11.6 Å². The molecule has 0 saturated heterocycles. The third-order valence-corrected chi connectivity index (χ3v) is 5.36. The smallest absolute Gasteiger partial charge is 0.438 e. The normalized spacial score (nSPS) is 11.5. The van der Waals surface area contributed by atoms with Crippen molar-refractivity contribution in [2.45, 2.75) is 12.8 Å². The number of hydrogen-bond acceptors (Lipinski definition) is 6. The van der Waals surface area contributed by atoms with E-state index in [1.165, 1.54) is 16.7 Å². The summed E-state index contributed by atoms with van der Waals surface area (Å²) >= 11 is 0. The Balaban J connectivity index is 1.73. The van der Waals surface area contributed by atoms with Crippen LogP contribution in [0.2, 0.25) is 0 Å². The highest BCUT2D eigenvalue weighted by atomic mass is 19.1. The minimum atomic E-state index is -0.666. The van der Waals surface area contributed by atoms with E-state index in [9.17, 15) is 19.4 Å². The average Bonchev–Trinajstić information content (AvgIpc) is 3.29. The van der Waals surface area contributed by atoms with Gasteiger partial charge in [0, 0.05) is 36.6 Å². The van der Waals surface area contributed by atoms with Gasteiger partial charge in [-0.2, -0.15) is 0 Å². The van der Waals surface area contributed by atoms with Crippen LogP contribution in [0.25, 0.3) is 21.7 Å². The largest absolute Gasteiger partial charge is 0.505 e. The number of halogens is 1. The molecule has 3 heterocycles. The van der Waals surface area contributed by atoms with E-state index in [-0.39, 0.29) is 29.3 Å². The minimum Gasteiger partial charge on any atom is -0.505 e. The highest BCUT2D eigenvalue weighted by Crippen LogP contribution is 2.42. The lowest BCUT2D eigenvalue weighted by Crippen LogP contribution is -2.00. The first-order valence-corrected chi connectivity index (χ1v) is 9.50. The molecule has 5 rings (SSSR count). The van der Waals surface area contributed by atoms with E-state index in [4.69, 9.17) is 0 Å². The number of benzene rings is 2. The van der Waals surface area contributed by atoms with Gasteiger partial charge in [-0.1, -0.05) is 17.3 Å². The van der Waals surface area contributed by atoms with Crippen molar-refractivity contribution < 1.29 is 19.1 Å². The van der Waals surface area contributed by atoms with Crippen LogP contribution >= 0.6 is 0 Å². The number of aromatic nitrogens is 4. The molecule has 0 spiro atoms. The lowest BCUT2D eigenvalue weighted by Gasteiger charge is -2.11. The molecule has 156 valence electrons. The van der Waals surface area contributed by atoms with Crippen LogP contribution in [0.5, 0.6) is 11.6 Å². The molecule has 0 atom stereocenters. The molecular weight excluding hydrogens is 403 g/mol. The van der Waals surface area contributed by atoms with E-state index in [1.807, 2.05) is 6.07 Å². The first-order chi connectivity index (χ1) is 14.9. The number of nitrogens with one attached hydrogen (secondary N) is 1. The molecule has 3 aromatic heterocycles. The number of rotatable bonds is 4. The second kappa shape index (κ2) is 6.98. The first-order valence-electron chi connectivity index (χ1n) is 9.50. The van der Waals surface area contributed by atoms with E-state index in [0.717, 1.165) is 16.7 Å². The maximum absolute atomic E-state index is 13.2.